The summed E-state index contributed by atoms with van der Waals surface area (Å²) in [6.07, 6.45) is 5.10. The topological polar surface area (TPSA) is 38.3 Å². The maximum Gasteiger partial charge on any atom is 0.237 e. The molecule has 2 rings (SSSR count). The number of amides is 1. The average Bonchev–Trinajstić information content (AvgIpc) is 2.92. The Kier molecular flexibility index (Phi) is 5.14. The van der Waals surface area contributed by atoms with Gasteiger partial charge in [-0.1, -0.05) is 25.0 Å². The van der Waals surface area contributed by atoms with Gasteiger partial charge in [-0.05, 0) is 31.9 Å². The summed E-state index contributed by atoms with van der Waals surface area (Å²) in [7, 11) is 1.61. The summed E-state index contributed by atoms with van der Waals surface area (Å²) in [5.41, 5.74) is 0.744. The van der Waals surface area contributed by atoms with Gasteiger partial charge in [0.2, 0.25) is 5.91 Å². The first-order chi connectivity index (χ1) is 9.20. The van der Waals surface area contributed by atoms with Crippen LogP contribution in [0.25, 0.3) is 0 Å². The monoisotopic (exact) mass is 279 g/mol. The molecule has 0 heterocycles. The highest BCUT2D eigenvalue weighted by atomic mass is 32.2. The quantitative estimate of drug-likeness (QED) is 0.893. The third kappa shape index (κ3) is 3.90. The Morgan fingerprint density at radius 1 is 1.37 bits per heavy atom. The van der Waals surface area contributed by atoms with Crippen molar-refractivity contribution in [2.45, 2.75) is 43.1 Å². The molecule has 1 aromatic carbocycles. The molecule has 3 nitrogen and oxygen atoms in total. The van der Waals surface area contributed by atoms with E-state index in [0.29, 0.717) is 11.0 Å². The Labute approximate surface area is 119 Å². The minimum absolute atomic E-state index is 0.0204. The molecule has 1 saturated carbocycles. The van der Waals surface area contributed by atoms with Gasteiger partial charge in [-0.25, -0.2) is 0 Å². The standard InChI is InChI=1S/C15H21NO2S/c1-11(19-12-7-3-4-8-12)15(17)16-13-9-5-6-10-14(13)18-2/h5-6,9-12H,3-4,7-8H2,1-2H3,(H,16,17)/t11-/m1/s1. The molecule has 19 heavy (non-hydrogen) atoms. The van der Waals surface area contributed by atoms with Crippen LogP contribution < -0.4 is 10.1 Å². The SMILES string of the molecule is COc1ccccc1NC(=O)[C@@H](C)SC1CCCC1. The lowest BCUT2D eigenvalue weighted by Gasteiger charge is -2.17. The van der Waals surface area contributed by atoms with Crippen molar-refractivity contribution in [3.8, 4) is 5.75 Å². The van der Waals surface area contributed by atoms with Crippen LogP contribution in [0.1, 0.15) is 32.6 Å². The predicted octanol–water partition coefficient (Wildman–Crippen LogP) is 3.70. The van der Waals surface area contributed by atoms with Crippen LogP contribution in [0.4, 0.5) is 5.69 Å². The van der Waals surface area contributed by atoms with Crippen molar-refractivity contribution in [3.05, 3.63) is 24.3 Å². The Morgan fingerprint density at radius 3 is 2.74 bits per heavy atom. The molecule has 1 aromatic rings. The molecule has 0 aliphatic heterocycles. The number of rotatable bonds is 5. The molecular weight excluding hydrogens is 258 g/mol. The van der Waals surface area contributed by atoms with Gasteiger partial charge in [0, 0.05) is 5.25 Å². The van der Waals surface area contributed by atoms with Crippen LogP contribution >= 0.6 is 11.8 Å². The van der Waals surface area contributed by atoms with E-state index in [4.69, 9.17) is 4.74 Å². The maximum atomic E-state index is 12.2. The molecule has 0 saturated heterocycles. The third-order valence-corrected chi connectivity index (χ3v) is 4.91. The predicted molar refractivity (Wildman–Crippen MR) is 80.9 cm³/mol. The Morgan fingerprint density at radius 2 is 2.05 bits per heavy atom. The lowest BCUT2D eigenvalue weighted by atomic mass is 10.3. The number of methoxy groups -OCH3 is 1. The van der Waals surface area contributed by atoms with Crippen LogP contribution in [0.5, 0.6) is 5.75 Å². The zero-order chi connectivity index (χ0) is 13.7. The van der Waals surface area contributed by atoms with E-state index < -0.39 is 0 Å². The van der Waals surface area contributed by atoms with E-state index in [9.17, 15) is 4.79 Å². The van der Waals surface area contributed by atoms with Crippen molar-refractivity contribution < 1.29 is 9.53 Å². The van der Waals surface area contributed by atoms with E-state index >= 15 is 0 Å². The molecule has 0 bridgehead atoms. The molecular formula is C15H21NO2S. The Bertz CT molecular complexity index is 430. The lowest BCUT2D eigenvalue weighted by molar-refractivity contribution is -0.115. The van der Waals surface area contributed by atoms with Gasteiger partial charge in [0.05, 0.1) is 18.0 Å². The molecule has 0 unspecified atom stereocenters. The van der Waals surface area contributed by atoms with Crippen LogP contribution in [-0.4, -0.2) is 23.5 Å². The number of hydrogen-bond acceptors (Lipinski definition) is 3. The highest BCUT2D eigenvalue weighted by Gasteiger charge is 2.22. The van der Waals surface area contributed by atoms with Crippen LogP contribution in [0.15, 0.2) is 24.3 Å². The molecule has 1 aliphatic rings. The number of nitrogens with one attached hydrogen (secondary N) is 1. The third-order valence-electron chi connectivity index (χ3n) is 3.43. The van der Waals surface area contributed by atoms with Gasteiger partial charge in [-0.15, -0.1) is 11.8 Å². The highest BCUT2D eigenvalue weighted by Crippen LogP contribution is 2.33. The second-order valence-electron chi connectivity index (χ2n) is 4.87. The molecule has 0 spiro atoms. The molecule has 0 aromatic heterocycles. The lowest BCUT2D eigenvalue weighted by Crippen LogP contribution is -2.24. The summed E-state index contributed by atoms with van der Waals surface area (Å²) in [4.78, 5) is 12.2. The van der Waals surface area contributed by atoms with E-state index in [0.717, 1.165) is 5.69 Å². The molecule has 1 aliphatic carbocycles. The van der Waals surface area contributed by atoms with Gasteiger partial charge >= 0.3 is 0 Å². The van der Waals surface area contributed by atoms with E-state index in [1.165, 1.54) is 25.7 Å². The summed E-state index contributed by atoms with van der Waals surface area (Å²) in [5, 5.41) is 3.58. The molecule has 0 radical (unpaired) electrons. The number of ether oxygens (including phenoxy) is 1. The smallest absolute Gasteiger partial charge is 0.237 e. The Hall–Kier alpha value is -1.16. The second kappa shape index (κ2) is 6.85. The number of benzene rings is 1. The number of thioether (sulfide) groups is 1. The van der Waals surface area contributed by atoms with Gasteiger partial charge in [0.15, 0.2) is 0 Å². The van der Waals surface area contributed by atoms with Crippen LogP contribution in [0, 0.1) is 0 Å². The zero-order valence-electron chi connectivity index (χ0n) is 11.5. The van der Waals surface area contributed by atoms with Gasteiger partial charge in [-0.2, -0.15) is 0 Å². The molecule has 1 fully saturated rings. The van der Waals surface area contributed by atoms with Crippen LogP contribution in [-0.2, 0) is 4.79 Å². The first-order valence-corrected chi connectivity index (χ1v) is 7.74. The molecule has 4 heteroatoms. The minimum Gasteiger partial charge on any atom is -0.495 e. The van der Waals surface area contributed by atoms with Gasteiger partial charge < -0.3 is 10.1 Å². The molecule has 1 N–H and O–H groups in total. The summed E-state index contributed by atoms with van der Waals surface area (Å²) in [6.45, 7) is 1.98. The fraction of sp³-hybridized carbons (Fsp3) is 0.533. The summed E-state index contributed by atoms with van der Waals surface area (Å²) < 4.78 is 5.24. The number of para-hydroxylation sites is 2. The number of hydrogen-bond donors (Lipinski definition) is 1. The van der Waals surface area contributed by atoms with Crippen molar-refractivity contribution >= 4 is 23.4 Å². The number of anilines is 1. The maximum absolute atomic E-state index is 12.2. The fourth-order valence-electron chi connectivity index (χ4n) is 2.36. The van der Waals surface area contributed by atoms with Crippen molar-refractivity contribution in [1.82, 2.24) is 0 Å². The van der Waals surface area contributed by atoms with Crippen molar-refractivity contribution in [2.24, 2.45) is 0 Å². The minimum atomic E-state index is -0.0204. The van der Waals surface area contributed by atoms with Gasteiger partial charge in [0.25, 0.3) is 0 Å². The fourth-order valence-corrected chi connectivity index (χ4v) is 3.72. The summed E-state index contributed by atoms with van der Waals surface area (Å²) >= 11 is 1.80. The summed E-state index contributed by atoms with van der Waals surface area (Å²) in [6, 6.07) is 7.51. The normalized spacial score (nSPS) is 17.2. The van der Waals surface area contributed by atoms with E-state index in [1.807, 2.05) is 31.2 Å². The van der Waals surface area contributed by atoms with Crippen LogP contribution in [0.2, 0.25) is 0 Å². The van der Waals surface area contributed by atoms with Crippen molar-refractivity contribution in [1.29, 1.82) is 0 Å². The summed E-state index contributed by atoms with van der Waals surface area (Å²) in [5.74, 6) is 0.760. The van der Waals surface area contributed by atoms with E-state index in [1.54, 1.807) is 18.9 Å². The molecule has 104 valence electrons. The van der Waals surface area contributed by atoms with E-state index in [-0.39, 0.29) is 11.2 Å². The van der Waals surface area contributed by atoms with Crippen LogP contribution in [0.3, 0.4) is 0 Å². The first kappa shape index (κ1) is 14.3. The van der Waals surface area contributed by atoms with Crippen molar-refractivity contribution in [3.63, 3.8) is 0 Å². The Balaban J connectivity index is 1.92. The first-order valence-electron chi connectivity index (χ1n) is 6.80. The van der Waals surface area contributed by atoms with E-state index in [2.05, 4.69) is 5.32 Å². The molecule has 1 amide bonds. The second-order valence-corrected chi connectivity index (χ2v) is 6.52. The number of carbonyl (C=O) groups is 1. The molecule has 1 atom stereocenters. The zero-order valence-corrected chi connectivity index (χ0v) is 12.3. The average molecular weight is 279 g/mol. The van der Waals surface area contributed by atoms with Gasteiger partial charge in [0.1, 0.15) is 5.75 Å². The highest BCUT2D eigenvalue weighted by molar-refractivity contribution is 8.01. The number of carbonyl (C=O) groups excluding carboxylic acids is 1. The largest absolute Gasteiger partial charge is 0.495 e. The van der Waals surface area contributed by atoms with Crippen molar-refractivity contribution in [2.75, 3.05) is 12.4 Å². The van der Waals surface area contributed by atoms with Gasteiger partial charge in [-0.3, -0.25) is 4.79 Å².